The normalized spacial score (nSPS) is 16.3. The van der Waals surface area contributed by atoms with Gasteiger partial charge in [-0.1, -0.05) is 19.3 Å². The molecule has 0 aromatic heterocycles. The number of benzene rings is 1. The zero-order valence-corrected chi connectivity index (χ0v) is 17.0. The molecule has 3 rings (SSSR count). The molecule has 9 nitrogen and oxygen atoms in total. The van der Waals surface area contributed by atoms with E-state index in [1.165, 1.54) is 37.3 Å². The quantitative estimate of drug-likeness (QED) is 0.509. The van der Waals surface area contributed by atoms with E-state index in [1.54, 1.807) is 0 Å². The van der Waals surface area contributed by atoms with E-state index in [9.17, 15) is 24.0 Å². The highest BCUT2D eigenvalue weighted by atomic mass is 16.5. The Kier molecular flexibility index (Phi) is 6.49. The van der Waals surface area contributed by atoms with Crippen LogP contribution in [0.15, 0.2) is 18.2 Å². The van der Waals surface area contributed by atoms with E-state index < -0.39 is 36.8 Å². The minimum atomic E-state index is -0.705. The molecule has 0 N–H and O–H groups in total. The lowest BCUT2D eigenvalue weighted by Gasteiger charge is -2.29. The Morgan fingerprint density at radius 1 is 0.933 bits per heavy atom. The Morgan fingerprint density at radius 2 is 1.50 bits per heavy atom. The van der Waals surface area contributed by atoms with Crippen molar-refractivity contribution in [3.05, 3.63) is 34.9 Å². The van der Waals surface area contributed by atoms with Crippen molar-refractivity contribution in [2.24, 2.45) is 0 Å². The summed E-state index contributed by atoms with van der Waals surface area (Å²) in [5.41, 5.74) is 0.510. The maximum absolute atomic E-state index is 12.9. The second-order valence-electron chi connectivity index (χ2n) is 7.35. The fourth-order valence-electron chi connectivity index (χ4n) is 3.89. The Labute approximate surface area is 173 Å². The van der Waals surface area contributed by atoms with E-state index in [1.807, 2.05) is 0 Å². The van der Waals surface area contributed by atoms with Gasteiger partial charge in [0.1, 0.15) is 13.1 Å². The molecule has 1 aromatic rings. The SMILES string of the molecule is COC(=O)CN(CC(=O)OC)C(=O)c1ccc2c(c1)C(=O)N(C1CCCCC1)C2=O. The minimum absolute atomic E-state index is 0.0909. The van der Waals surface area contributed by atoms with Crippen LogP contribution >= 0.6 is 0 Å². The number of carbonyl (C=O) groups is 5. The van der Waals surface area contributed by atoms with E-state index >= 15 is 0 Å². The first kappa shape index (κ1) is 21.5. The molecule has 0 spiro atoms. The summed E-state index contributed by atoms with van der Waals surface area (Å²) in [6, 6.07) is 4.08. The molecule has 1 fully saturated rings. The number of esters is 2. The van der Waals surface area contributed by atoms with Gasteiger partial charge in [0.05, 0.1) is 25.3 Å². The Balaban J connectivity index is 1.86. The molecule has 0 bridgehead atoms. The standard InChI is InChI=1S/C21H24N2O7/c1-29-17(24)11-22(12-18(25)30-2)19(26)13-8-9-15-16(10-13)21(28)23(20(15)27)14-6-4-3-5-7-14/h8-10,14H,3-7,11-12H2,1-2H3. The lowest BCUT2D eigenvalue weighted by molar-refractivity contribution is -0.144. The first-order valence-electron chi connectivity index (χ1n) is 9.82. The zero-order valence-electron chi connectivity index (χ0n) is 17.0. The molecule has 1 aliphatic carbocycles. The number of hydrogen-bond acceptors (Lipinski definition) is 7. The lowest BCUT2D eigenvalue weighted by Crippen LogP contribution is -2.41. The summed E-state index contributed by atoms with van der Waals surface area (Å²) in [5, 5.41) is 0. The van der Waals surface area contributed by atoms with Crippen LogP contribution in [-0.4, -0.2) is 72.8 Å². The van der Waals surface area contributed by atoms with Gasteiger partial charge in [0.25, 0.3) is 17.7 Å². The summed E-state index contributed by atoms with van der Waals surface area (Å²) in [4.78, 5) is 64.2. The third-order valence-electron chi connectivity index (χ3n) is 5.49. The number of hydrogen-bond donors (Lipinski definition) is 0. The summed E-state index contributed by atoms with van der Waals surface area (Å²) in [6.07, 6.45) is 4.59. The van der Waals surface area contributed by atoms with Crippen molar-refractivity contribution in [2.45, 2.75) is 38.1 Å². The van der Waals surface area contributed by atoms with E-state index in [2.05, 4.69) is 9.47 Å². The Morgan fingerprint density at radius 3 is 2.07 bits per heavy atom. The average Bonchev–Trinajstić information content (AvgIpc) is 3.02. The average molecular weight is 416 g/mol. The molecule has 1 aliphatic heterocycles. The van der Waals surface area contributed by atoms with Crippen molar-refractivity contribution in [1.82, 2.24) is 9.80 Å². The molecule has 1 heterocycles. The first-order chi connectivity index (χ1) is 14.4. The number of fused-ring (bicyclic) bond motifs is 1. The van der Waals surface area contributed by atoms with Crippen LogP contribution in [0, 0.1) is 0 Å². The van der Waals surface area contributed by atoms with E-state index in [4.69, 9.17) is 0 Å². The predicted molar refractivity (Wildman–Crippen MR) is 104 cm³/mol. The summed E-state index contributed by atoms with van der Waals surface area (Å²) < 4.78 is 9.16. The smallest absolute Gasteiger partial charge is 0.325 e. The monoisotopic (exact) mass is 416 g/mol. The zero-order chi connectivity index (χ0) is 21.8. The third-order valence-corrected chi connectivity index (χ3v) is 5.49. The van der Waals surface area contributed by atoms with Gasteiger partial charge in [0.2, 0.25) is 0 Å². The summed E-state index contributed by atoms with van der Waals surface area (Å²) >= 11 is 0. The van der Waals surface area contributed by atoms with Crippen LogP contribution in [0.2, 0.25) is 0 Å². The van der Waals surface area contributed by atoms with Gasteiger partial charge in [-0.3, -0.25) is 28.9 Å². The summed E-state index contributed by atoms with van der Waals surface area (Å²) in [6.45, 7) is -0.912. The lowest BCUT2D eigenvalue weighted by atomic mass is 9.94. The molecule has 0 atom stereocenters. The van der Waals surface area contributed by atoms with Crippen molar-refractivity contribution in [3.63, 3.8) is 0 Å². The number of imide groups is 1. The first-order valence-corrected chi connectivity index (χ1v) is 9.82. The molecule has 30 heavy (non-hydrogen) atoms. The largest absolute Gasteiger partial charge is 0.468 e. The topological polar surface area (TPSA) is 110 Å². The highest BCUT2D eigenvalue weighted by Gasteiger charge is 2.40. The molecule has 3 amide bonds. The van der Waals surface area contributed by atoms with Gasteiger partial charge >= 0.3 is 11.9 Å². The van der Waals surface area contributed by atoms with Gasteiger partial charge in [-0.05, 0) is 31.0 Å². The van der Waals surface area contributed by atoms with Crippen molar-refractivity contribution >= 4 is 29.7 Å². The number of ether oxygens (including phenoxy) is 2. The minimum Gasteiger partial charge on any atom is -0.468 e. The van der Waals surface area contributed by atoms with Gasteiger partial charge in [0, 0.05) is 11.6 Å². The van der Waals surface area contributed by atoms with Crippen molar-refractivity contribution in [2.75, 3.05) is 27.3 Å². The van der Waals surface area contributed by atoms with Crippen LogP contribution < -0.4 is 0 Å². The second kappa shape index (κ2) is 9.06. The van der Waals surface area contributed by atoms with E-state index in [0.717, 1.165) is 37.0 Å². The molecule has 9 heteroatoms. The van der Waals surface area contributed by atoms with E-state index in [0.29, 0.717) is 0 Å². The van der Waals surface area contributed by atoms with E-state index in [-0.39, 0.29) is 28.6 Å². The van der Waals surface area contributed by atoms with Gasteiger partial charge in [-0.2, -0.15) is 0 Å². The van der Waals surface area contributed by atoms with Crippen LogP contribution in [0.3, 0.4) is 0 Å². The third kappa shape index (κ3) is 4.19. The summed E-state index contributed by atoms with van der Waals surface area (Å²) in [5.74, 6) is -2.82. The Hall–Kier alpha value is -3.23. The van der Waals surface area contributed by atoms with Gasteiger partial charge in [-0.25, -0.2) is 0 Å². The molecule has 2 aliphatic rings. The molecule has 160 valence electrons. The van der Waals surface area contributed by atoms with Crippen LogP contribution in [0.4, 0.5) is 0 Å². The molecule has 1 aromatic carbocycles. The fraction of sp³-hybridized carbons (Fsp3) is 0.476. The highest BCUT2D eigenvalue weighted by molar-refractivity contribution is 6.22. The summed E-state index contributed by atoms with van der Waals surface area (Å²) in [7, 11) is 2.34. The van der Waals surface area contributed by atoms with Gasteiger partial charge < -0.3 is 14.4 Å². The number of methoxy groups -OCH3 is 2. The number of carbonyl (C=O) groups excluding carboxylic acids is 5. The van der Waals surface area contributed by atoms with Gasteiger partial charge in [0.15, 0.2) is 0 Å². The van der Waals surface area contributed by atoms with Crippen molar-refractivity contribution < 1.29 is 33.4 Å². The highest BCUT2D eigenvalue weighted by Crippen LogP contribution is 2.31. The number of nitrogens with zero attached hydrogens (tertiary/aromatic N) is 2. The van der Waals surface area contributed by atoms with Crippen LogP contribution in [0.1, 0.15) is 63.2 Å². The predicted octanol–water partition coefficient (Wildman–Crippen LogP) is 1.40. The maximum atomic E-state index is 12.9. The van der Waals surface area contributed by atoms with Crippen LogP contribution in [0.5, 0.6) is 0 Å². The van der Waals surface area contributed by atoms with Gasteiger partial charge in [-0.15, -0.1) is 0 Å². The van der Waals surface area contributed by atoms with Crippen LogP contribution in [0.25, 0.3) is 0 Å². The molecule has 1 saturated carbocycles. The second-order valence-corrected chi connectivity index (χ2v) is 7.35. The maximum Gasteiger partial charge on any atom is 0.325 e. The number of amides is 3. The van der Waals surface area contributed by atoms with Crippen molar-refractivity contribution in [3.8, 4) is 0 Å². The molecular formula is C21H24N2O7. The molecule has 0 saturated heterocycles. The Bertz CT molecular complexity index is 871. The fourth-order valence-corrected chi connectivity index (χ4v) is 3.89. The molecule has 0 radical (unpaired) electrons. The van der Waals surface area contributed by atoms with Crippen LogP contribution in [-0.2, 0) is 19.1 Å². The molecule has 0 unspecified atom stereocenters. The molecular weight excluding hydrogens is 392 g/mol. The number of rotatable bonds is 6. The van der Waals surface area contributed by atoms with Crippen molar-refractivity contribution in [1.29, 1.82) is 0 Å².